The van der Waals surface area contributed by atoms with Crippen LogP contribution in [-0.2, 0) is 7.05 Å². The molecule has 1 aromatic heterocycles. The van der Waals surface area contributed by atoms with Gasteiger partial charge in [-0.3, -0.25) is 4.79 Å². The minimum Gasteiger partial charge on any atom is -0.392 e. The summed E-state index contributed by atoms with van der Waals surface area (Å²) in [4.78, 5) is 11.7. The number of aromatic nitrogens is 1. The highest BCUT2D eigenvalue weighted by Crippen LogP contribution is 2.05. The van der Waals surface area contributed by atoms with Crippen molar-refractivity contribution >= 4 is 5.91 Å². The summed E-state index contributed by atoms with van der Waals surface area (Å²) in [5.41, 5.74) is 7.23. The molecule has 0 bridgehead atoms. The minimum atomic E-state index is -0.629. The molecule has 1 amide bonds. The second-order valence-electron chi connectivity index (χ2n) is 4.03. The van der Waals surface area contributed by atoms with Crippen LogP contribution in [0.5, 0.6) is 0 Å². The molecule has 0 saturated carbocycles. The van der Waals surface area contributed by atoms with Gasteiger partial charge in [0.1, 0.15) is 5.69 Å². The van der Waals surface area contributed by atoms with Crippen molar-refractivity contribution in [2.45, 2.75) is 26.0 Å². The van der Waals surface area contributed by atoms with Crippen molar-refractivity contribution in [2.24, 2.45) is 12.8 Å². The summed E-state index contributed by atoms with van der Waals surface area (Å²) in [6.07, 6.45) is -0.629. The largest absolute Gasteiger partial charge is 0.392 e. The Morgan fingerprint density at radius 3 is 2.69 bits per heavy atom. The number of nitrogens with one attached hydrogen (secondary N) is 1. The summed E-state index contributed by atoms with van der Waals surface area (Å²) in [5.74, 6) is -0.174. The van der Waals surface area contributed by atoms with Crippen LogP contribution in [0.1, 0.15) is 23.1 Å². The monoisotopic (exact) mass is 225 g/mol. The molecule has 0 aliphatic carbocycles. The fourth-order valence-electron chi connectivity index (χ4n) is 1.31. The molecule has 0 aliphatic heterocycles. The third kappa shape index (κ3) is 2.84. The van der Waals surface area contributed by atoms with Gasteiger partial charge in [0.05, 0.1) is 6.10 Å². The number of rotatable bonds is 4. The van der Waals surface area contributed by atoms with Crippen LogP contribution in [0.25, 0.3) is 0 Å². The second kappa shape index (κ2) is 5.14. The van der Waals surface area contributed by atoms with E-state index in [9.17, 15) is 9.90 Å². The molecule has 90 valence electrons. The first-order valence-electron chi connectivity index (χ1n) is 5.27. The van der Waals surface area contributed by atoms with E-state index in [0.717, 1.165) is 5.69 Å². The molecule has 0 radical (unpaired) electrons. The second-order valence-corrected chi connectivity index (χ2v) is 4.03. The van der Waals surface area contributed by atoms with E-state index in [2.05, 4.69) is 5.32 Å². The molecule has 0 saturated heterocycles. The summed E-state index contributed by atoms with van der Waals surface area (Å²) < 4.78 is 1.81. The van der Waals surface area contributed by atoms with Crippen molar-refractivity contribution in [3.8, 4) is 0 Å². The van der Waals surface area contributed by atoms with Gasteiger partial charge in [0.2, 0.25) is 0 Å². The molecule has 4 N–H and O–H groups in total. The molecular weight excluding hydrogens is 206 g/mol. The van der Waals surface area contributed by atoms with Crippen molar-refractivity contribution in [2.75, 3.05) is 6.54 Å². The number of nitrogens with two attached hydrogens (primary N) is 1. The van der Waals surface area contributed by atoms with E-state index in [1.54, 1.807) is 13.0 Å². The Morgan fingerprint density at radius 1 is 1.62 bits per heavy atom. The van der Waals surface area contributed by atoms with E-state index in [1.807, 2.05) is 24.6 Å². The highest BCUT2D eigenvalue weighted by atomic mass is 16.3. The number of hydrogen-bond acceptors (Lipinski definition) is 3. The number of nitrogens with zero attached hydrogens (tertiary/aromatic N) is 1. The third-order valence-electron chi connectivity index (χ3n) is 2.72. The van der Waals surface area contributed by atoms with Crippen molar-refractivity contribution in [1.29, 1.82) is 0 Å². The van der Waals surface area contributed by atoms with E-state index < -0.39 is 12.1 Å². The van der Waals surface area contributed by atoms with Crippen LogP contribution in [0.2, 0.25) is 0 Å². The smallest absolute Gasteiger partial charge is 0.267 e. The predicted octanol–water partition coefficient (Wildman–Crippen LogP) is -0.229. The average molecular weight is 225 g/mol. The van der Waals surface area contributed by atoms with Gasteiger partial charge in [-0.2, -0.15) is 0 Å². The lowest BCUT2D eigenvalue weighted by atomic mass is 10.2. The van der Waals surface area contributed by atoms with E-state index in [0.29, 0.717) is 5.69 Å². The topological polar surface area (TPSA) is 80.3 Å². The zero-order valence-corrected chi connectivity index (χ0v) is 9.90. The number of aliphatic hydroxyl groups is 1. The van der Waals surface area contributed by atoms with Crippen LogP contribution in [-0.4, -0.2) is 34.3 Å². The first-order valence-corrected chi connectivity index (χ1v) is 5.27. The van der Waals surface area contributed by atoms with Gasteiger partial charge in [-0.15, -0.1) is 0 Å². The Morgan fingerprint density at radius 2 is 2.25 bits per heavy atom. The summed E-state index contributed by atoms with van der Waals surface area (Å²) in [6.45, 7) is 3.79. The quantitative estimate of drug-likeness (QED) is 0.662. The number of aliphatic hydroxyl groups excluding tert-OH is 1. The normalized spacial score (nSPS) is 14.6. The Kier molecular flexibility index (Phi) is 4.09. The molecule has 1 rings (SSSR count). The van der Waals surface area contributed by atoms with Crippen LogP contribution in [0, 0.1) is 6.92 Å². The zero-order valence-electron chi connectivity index (χ0n) is 9.90. The van der Waals surface area contributed by atoms with Gasteiger partial charge in [-0.25, -0.2) is 0 Å². The average Bonchev–Trinajstić information content (AvgIpc) is 2.55. The van der Waals surface area contributed by atoms with Crippen LogP contribution >= 0.6 is 0 Å². The molecule has 0 aromatic carbocycles. The molecule has 5 nitrogen and oxygen atoms in total. The Balaban J connectivity index is 2.57. The molecule has 2 atom stereocenters. The summed E-state index contributed by atoms with van der Waals surface area (Å²) in [5, 5.41) is 11.9. The van der Waals surface area contributed by atoms with Gasteiger partial charge in [-0.1, -0.05) is 0 Å². The van der Waals surface area contributed by atoms with Crippen LogP contribution in [0.15, 0.2) is 12.1 Å². The lowest BCUT2D eigenvalue weighted by Crippen LogP contribution is -2.43. The molecule has 2 unspecified atom stereocenters. The van der Waals surface area contributed by atoms with Gasteiger partial charge in [0.15, 0.2) is 0 Å². The van der Waals surface area contributed by atoms with Crippen LogP contribution < -0.4 is 11.1 Å². The number of carbonyl (C=O) groups excluding carboxylic acids is 1. The van der Waals surface area contributed by atoms with E-state index in [4.69, 9.17) is 5.73 Å². The molecule has 1 aromatic rings. The Bertz CT molecular complexity index is 371. The minimum absolute atomic E-state index is 0.174. The molecular formula is C11H19N3O2. The maximum absolute atomic E-state index is 11.7. The van der Waals surface area contributed by atoms with E-state index in [-0.39, 0.29) is 12.5 Å². The van der Waals surface area contributed by atoms with Gasteiger partial charge < -0.3 is 20.7 Å². The first kappa shape index (κ1) is 12.7. The van der Waals surface area contributed by atoms with Gasteiger partial charge >= 0.3 is 0 Å². The Hall–Kier alpha value is -1.33. The third-order valence-corrected chi connectivity index (χ3v) is 2.72. The number of aryl methyl sites for hydroxylation is 1. The van der Waals surface area contributed by atoms with Crippen molar-refractivity contribution in [3.05, 3.63) is 23.5 Å². The van der Waals surface area contributed by atoms with E-state index >= 15 is 0 Å². The van der Waals surface area contributed by atoms with Crippen molar-refractivity contribution in [1.82, 2.24) is 9.88 Å². The molecule has 1 heterocycles. The number of carbonyl (C=O) groups is 1. The highest BCUT2D eigenvalue weighted by molar-refractivity contribution is 5.92. The summed E-state index contributed by atoms with van der Waals surface area (Å²) in [6, 6.07) is 3.20. The Labute approximate surface area is 95.3 Å². The molecule has 16 heavy (non-hydrogen) atoms. The maximum atomic E-state index is 11.7. The number of hydrogen-bond donors (Lipinski definition) is 3. The SMILES string of the molecule is Cc1ccc(C(=O)NCC(N)C(C)O)n1C. The molecule has 0 spiro atoms. The molecule has 0 aliphatic rings. The standard InChI is InChI=1S/C11H19N3O2/c1-7-4-5-10(14(7)3)11(16)13-6-9(12)8(2)15/h4-5,8-9,15H,6,12H2,1-3H3,(H,13,16). The predicted molar refractivity (Wildman–Crippen MR) is 62.1 cm³/mol. The lowest BCUT2D eigenvalue weighted by Gasteiger charge is -2.15. The van der Waals surface area contributed by atoms with Crippen molar-refractivity contribution < 1.29 is 9.90 Å². The van der Waals surface area contributed by atoms with Gasteiger partial charge in [-0.05, 0) is 26.0 Å². The van der Waals surface area contributed by atoms with Crippen molar-refractivity contribution in [3.63, 3.8) is 0 Å². The van der Waals surface area contributed by atoms with Crippen LogP contribution in [0.4, 0.5) is 0 Å². The fourth-order valence-corrected chi connectivity index (χ4v) is 1.31. The first-order chi connectivity index (χ1) is 7.43. The highest BCUT2D eigenvalue weighted by Gasteiger charge is 2.14. The number of amides is 1. The van der Waals surface area contributed by atoms with Crippen LogP contribution in [0.3, 0.4) is 0 Å². The lowest BCUT2D eigenvalue weighted by molar-refractivity contribution is 0.0929. The maximum Gasteiger partial charge on any atom is 0.267 e. The summed E-state index contributed by atoms with van der Waals surface area (Å²) in [7, 11) is 1.83. The van der Waals surface area contributed by atoms with Gasteiger partial charge in [0, 0.05) is 25.3 Å². The molecule has 5 heteroatoms. The zero-order chi connectivity index (χ0) is 12.3. The summed E-state index contributed by atoms with van der Waals surface area (Å²) >= 11 is 0. The van der Waals surface area contributed by atoms with Gasteiger partial charge in [0.25, 0.3) is 5.91 Å². The fraction of sp³-hybridized carbons (Fsp3) is 0.545. The molecule has 0 fully saturated rings. The van der Waals surface area contributed by atoms with E-state index in [1.165, 1.54) is 0 Å².